The molecule has 0 bridgehead atoms. The van der Waals surface area contributed by atoms with Gasteiger partial charge in [0, 0.05) is 12.1 Å². The molecule has 0 aliphatic heterocycles. The lowest BCUT2D eigenvalue weighted by Crippen LogP contribution is -2.28. The molecule has 1 amide bonds. The first-order valence-corrected chi connectivity index (χ1v) is 5.73. The van der Waals surface area contributed by atoms with E-state index < -0.39 is 0 Å². The van der Waals surface area contributed by atoms with Gasteiger partial charge in [-0.1, -0.05) is 12.1 Å². The number of aryl methyl sites for hydroxylation is 1. The van der Waals surface area contributed by atoms with Crippen LogP contribution in [0.4, 0.5) is 5.69 Å². The standard InChI is InChI=1S/C14H18N2O/c1-3-4-5-9-15-11-14(17)16-13-8-6-7-12(2)10-13/h1,6-8,10,15H,4-5,9,11H2,2H3,(H,16,17). The number of nitrogens with one attached hydrogen (secondary N) is 2. The summed E-state index contributed by atoms with van der Waals surface area (Å²) in [6.07, 6.45) is 6.77. The fourth-order valence-corrected chi connectivity index (χ4v) is 1.45. The second kappa shape index (κ2) is 7.48. The molecule has 0 radical (unpaired) electrons. The molecule has 0 saturated heterocycles. The van der Waals surface area contributed by atoms with Crippen LogP contribution < -0.4 is 10.6 Å². The Labute approximate surface area is 103 Å². The van der Waals surface area contributed by atoms with Crippen LogP contribution in [-0.2, 0) is 4.79 Å². The maximum Gasteiger partial charge on any atom is 0.238 e. The van der Waals surface area contributed by atoms with Crippen molar-refractivity contribution in [2.45, 2.75) is 19.8 Å². The summed E-state index contributed by atoms with van der Waals surface area (Å²) in [4.78, 5) is 11.5. The fraction of sp³-hybridized carbons (Fsp3) is 0.357. The average Bonchev–Trinajstić information content (AvgIpc) is 2.29. The molecule has 1 aromatic carbocycles. The summed E-state index contributed by atoms with van der Waals surface area (Å²) in [7, 11) is 0. The minimum atomic E-state index is -0.0312. The molecule has 17 heavy (non-hydrogen) atoms. The van der Waals surface area contributed by atoms with E-state index in [1.165, 1.54) is 0 Å². The monoisotopic (exact) mass is 230 g/mol. The van der Waals surface area contributed by atoms with Gasteiger partial charge in [0.15, 0.2) is 0 Å². The predicted molar refractivity (Wildman–Crippen MR) is 70.7 cm³/mol. The Bertz CT molecular complexity index is 407. The number of hydrogen-bond donors (Lipinski definition) is 2. The van der Waals surface area contributed by atoms with Crippen LogP contribution >= 0.6 is 0 Å². The molecule has 3 nitrogen and oxygen atoms in total. The molecule has 0 atom stereocenters. The lowest BCUT2D eigenvalue weighted by Gasteiger charge is -2.06. The molecule has 0 aliphatic carbocycles. The molecule has 1 rings (SSSR count). The molecule has 3 heteroatoms. The fourth-order valence-electron chi connectivity index (χ4n) is 1.45. The van der Waals surface area contributed by atoms with Crippen molar-refractivity contribution >= 4 is 11.6 Å². The highest BCUT2D eigenvalue weighted by Crippen LogP contribution is 2.08. The number of amides is 1. The number of carbonyl (C=O) groups excluding carboxylic acids is 1. The Hall–Kier alpha value is -1.79. The molecule has 0 fully saturated rings. The van der Waals surface area contributed by atoms with Crippen molar-refractivity contribution < 1.29 is 4.79 Å². The molecule has 0 aromatic heterocycles. The van der Waals surface area contributed by atoms with Crippen LogP contribution in [0, 0.1) is 19.3 Å². The van der Waals surface area contributed by atoms with Crippen molar-refractivity contribution in [3.8, 4) is 12.3 Å². The number of hydrogen-bond acceptors (Lipinski definition) is 2. The van der Waals surface area contributed by atoms with Gasteiger partial charge in [0.1, 0.15) is 0 Å². The van der Waals surface area contributed by atoms with Gasteiger partial charge in [-0.15, -0.1) is 12.3 Å². The number of unbranched alkanes of at least 4 members (excludes halogenated alkanes) is 1. The van der Waals surface area contributed by atoms with E-state index in [0.29, 0.717) is 6.54 Å². The lowest BCUT2D eigenvalue weighted by atomic mass is 10.2. The predicted octanol–water partition coefficient (Wildman–Crippen LogP) is 1.94. The molecular formula is C14H18N2O. The maximum atomic E-state index is 11.5. The third-order valence-electron chi connectivity index (χ3n) is 2.26. The van der Waals surface area contributed by atoms with Crippen molar-refractivity contribution in [3.63, 3.8) is 0 Å². The van der Waals surface area contributed by atoms with E-state index in [2.05, 4.69) is 16.6 Å². The molecule has 0 aliphatic rings. The van der Waals surface area contributed by atoms with Gasteiger partial charge in [-0.05, 0) is 37.6 Å². The summed E-state index contributed by atoms with van der Waals surface area (Å²) in [5.41, 5.74) is 1.96. The minimum Gasteiger partial charge on any atom is -0.325 e. The van der Waals surface area contributed by atoms with Crippen LogP contribution in [0.25, 0.3) is 0 Å². The quantitative estimate of drug-likeness (QED) is 0.579. The normalized spacial score (nSPS) is 9.65. The molecule has 0 heterocycles. The number of benzene rings is 1. The van der Waals surface area contributed by atoms with Crippen molar-refractivity contribution in [2.24, 2.45) is 0 Å². The third-order valence-corrected chi connectivity index (χ3v) is 2.26. The molecule has 0 saturated carbocycles. The van der Waals surface area contributed by atoms with Crippen LogP contribution in [0.3, 0.4) is 0 Å². The van der Waals surface area contributed by atoms with Gasteiger partial charge in [-0.25, -0.2) is 0 Å². The largest absolute Gasteiger partial charge is 0.325 e. The highest BCUT2D eigenvalue weighted by Gasteiger charge is 2.01. The summed E-state index contributed by atoms with van der Waals surface area (Å²) in [6, 6.07) is 7.73. The van der Waals surface area contributed by atoms with Gasteiger partial charge in [-0.2, -0.15) is 0 Å². The molecule has 0 spiro atoms. The van der Waals surface area contributed by atoms with E-state index in [1.54, 1.807) is 0 Å². The van der Waals surface area contributed by atoms with Crippen molar-refractivity contribution in [2.75, 3.05) is 18.4 Å². The van der Waals surface area contributed by atoms with Crippen LogP contribution in [-0.4, -0.2) is 19.0 Å². The van der Waals surface area contributed by atoms with Crippen LogP contribution in [0.15, 0.2) is 24.3 Å². The van der Waals surface area contributed by atoms with Gasteiger partial charge < -0.3 is 10.6 Å². The van der Waals surface area contributed by atoms with Gasteiger partial charge in [0.05, 0.1) is 6.54 Å². The zero-order valence-electron chi connectivity index (χ0n) is 10.1. The molecule has 2 N–H and O–H groups in total. The van der Waals surface area contributed by atoms with Gasteiger partial charge in [0.25, 0.3) is 0 Å². The van der Waals surface area contributed by atoms with Crippen LogP contribution in [0.2, 0.25) is 0 Å². The highest BCUT2D eigenvalue weighted by atomic mass is 16.1. The lowest BCUT2D eigenvalue weighted by molar-refractivity contribution is -0.115. The summed E-state index contributed by atoms with van der Waals surface area (Å²) in [5, 5.41) is 5.88. The Morgan fingerprint density at radius 1 is 1.47 bits per heavy atom. The Morgan fingerprint density at radius 3 is 3.00 bits per heavy atom. The SMILES string of the molecule is C#CCCCNCC(=O)Nc1cccc(C)c1. The summed E-state index contributed by atoms with van der Waals surface area (Å²) < 4.78 is 0. The van der Waals surface area contributed by atoms with Gasteiger partial charge in [0.2, 0.25) is 5.91 Å². The zero-order valence-corrected chi connectivity index (χ0v) is 10.1. The van der Waals surface area contributed by atoms with Crippen LogP contribution in [0.5, 0.6) is 0 Å². The minimum absolute atomic E-state index is 0.0312. The van der Waals surface area contributed by atoms with E-state index in [-0.39, 0.29) is 5.91 Å². The number of carbonyl (C=O) groups is 1. The van der Waals surface area contributed by atoms with Gasteiger partial charge in [-0.3, -0.25) is 4.79 Å². The maximum absolute atomic E-state index is 11.5. The number of anilines is 1. The Kier molecular flexibility index (Phi) is 5.84. The second-order valence-corrected chi connectivity index (χ2v) is 3.90. The highest BCUT2D eigenvalue weighted by molar-refractivity contribution is 5.92. The Morgan fingerprint density at radius 2 is 2.29 bits per heavy atom. The molecule has 1 aromatic rings. The second-order valence-electron chi connectivity index (χ2n) is 3.90. The average molecular weight is 230 g/mol. The summed E-state index contributed by atoms with van der Waals surface area (Å²) in [6.45, 7) is 3.08. The van der Waals surface area contributed by atoms with E-state index in [0.717, 1.165) is 30.6 Å². The van der Waals surface area contributed by atoms with E-state index in [9.17, 15) is 4.79 Å². The summed E-state index contributed by atoms with van der Waals surface area (Å²) >= 11 is 0. The van der Waals surface area contributed by atoms with Gasteiger partial charge >= 0.3 is 0 Å². The van der Waals surface area contributed by atoms with E-state index in [1.807, 2.05) is 31.2 Å². The number of rotatable bonds is 6. The van der Waals surface area contributed by atoms with E-state index >= 15 is 0 Å². The Balaban J connectivity index is 2.23. The van der Waals surface area contributed by atoms with Crippen molar-refractivity contribution in [3.05, 3.63) is 29.8 Å². The molecule has 0 unspecified atom stereocenters. The van der Waals surface area contributed by atoms with Crippen molar-refractivity contribution in [1.82, 2.24) is 5.32 Å². The van der Waals surface area contributed by atoms with Crippen molar-refractivity contribution in [1.29, 1.82) is 0 Å². The first-order chi connectivity index (χ1) is 8.22. The smallest absolute Gasteiger partial charge is 0.238 e. The number of terminal acetylenes is 1. The third kappa shape index (κ3) is 5.74. The molecule has 90 valence electrons. The first-order valence-electron chi connectivity index (χ1n) is 5.73. The van der Waals surface area contributed by atoms with Crippen LogP contribution in [0.1, 0.15) is 18.4 Å². The summed E-state index contributed by atoms with van der Waals surface area (Å²) in [5.74, 6) is 2.53. The topological polar surface area (TPSA) is 41.1 Å². The first kappa shape index (κ1) is 13.3. The zero-order chi connectivity index (χ0) is 12.5. The molecular weight excluding hydrogens is 212 g/mol. The van der Waals surface area contributed by atoms with E-state index in [4.69, 9.17) is 6.42 Å².